The van der Waals surface area contributed by atoms with Crippen molar-refractivity contribution in [2.75, 3.05) is 0 Å². The first-order valence-electron chi connectivity index (χ1n) is 5.15. The number of hydrogen-bond donors (Lipinski definition) is 0. The van der Waals surface area contributed by atoms with Crippen LogP contribution in [0.3, 0.4) is 0 Å². The van der Waals surface area contributed by atoms with Crippen molar-refractivity contribution >= 4 is 54.8 Å². The molecule has 0 radical (unpaired) electrons. The van der Waals surface area contributed by atoms with E-state index < -0.39 is 0 Å². The molecule has 0 bridgehead atoms. The van der Waals surface area contributed by atoms with Gasteiger partial charge in [0.2, 0.25) is 0 Å². The van der Waals surface area contributed by atoms with Gasteiger partial charge >= 0.3 is 0 Å². The average Bonchev–Trinajstić information content (AvgIpc) is 2.59. The summed E-state index contributed by atoms with van der Waals surface area (Å²) >= 11 is 15.3. The second-order valence-electron chi connectivity index (χ2n) is 3.94. The van der Waals surface area contributed by atoms with Crippen LogP contribution in [0.15, 0.2) is 32.5 Å². The summed E-state index contributed by atoms with van der Waals surface area (Å²) in [5.41, 5.74) is 3.70. The summed E-state index contributed by atoms with van der Waals surface area (Å²) in [4.78, 5) is 1.16. The predicted molar refractivity (Wildman–Crippen MR) is 83.3 cm³/mol. The quantitative estimate of drug-likeness (QED) is 0.531. The molecular formula is C13H11Br2ClS. The number of alkyl halides is 1. The van der Waals surface area contributed by atoms with Gasteiger partial charge in [0.25, 0.3) is 0 Å². The van der Waals surface area contributed by atoms with E-state index in [0.29, 0.717) is 0 Å². The molecule has 0 aliphatic carbocycles. The maximum atomic E-state index is 6.60. The van der Waals surface area contributed by atoms with Crippen molar-refractivity contribution in [2.45, 2.75) is 19.2 Å². The Morgan fingerprint density at radius 2 is 1.76 bits per heavy atom. The minimum Gasteiger partial charge on any atom is -0.130 e. The highest BCUT2D eigenvalue weighted by atomic mass is 79.9. The zero-order valence-corrected chi connectivity index (χ0v) is 14.2. The molecule has 0 fully saturated rings. The molecule has 0 nitrogen and oxygen atoms in total. The molecule has 0 aliphatic rings. The van der Waals surface area contributed by atoms with Crippen LogP contribution in [0.5, 0.6) is 0 Å². The van der Waals surface area contributed by atoms with Crippen LogP contribution < -0.4 is 0 Å². The van der Waals surface area contributed by atoms with E-state index in [2.05, 4.69) is 70.0 Å². The zero-order chi connectivity index (χ0) is 12.6. The highest BCUT2D eigenvalue weighted by Gasteiger charge is 2.18. The van der Waals surface area contributed by atoms with Crippen LogP contribution in [0.4, 0.5) is 0 Å². The van der Waals surface area contributed by atoms with Gasteiger partial charge in [0, 0.05) is 9.35 Å². The molecule has 17 heavy (non-hydrogen) atoms. The van der Waals surface area contributed by atoms with Gasteiger partial charge < -0.3 is 0 Å². The van der Waals surface area contributed by atoms with Crippen LogP contribution in [-0.4, -0.2) is 0 Å². The highest BCUT2D eigenvalue weighted by Crippen LogP contribution is 2.41. The lowest BCUT2D eigenvalue weighted by molar-refractivity contribution is 1.11. The zero-order valence-electron chi connectivity index (χ0n) is 9.43. The number of benzene rings is 1. The Kier molecular flexibility index (Phi) is 4.35. The van der Waals surface area contributed by atoms with Crippen LogP contribution in [0.2, 0.25) is 0 Å². The largest absolute Gasteiger partial charge is 0.130 e. The maximum absolute atomic E-state index is 6.60. The van der Waals surface area contributed by atoms with E-state index in [-0.39, 0.29) is 5.38 Å². The third kappa shape index (κ3) is 2.78. The van der Waals surface area contributed by atoms with E-state index in [9.17, 15) is 0 Å². The Morgan fingerprint density at radius 1 is 1.18 bits per heavy atom. The van der Waals surface area contributed by atoms with Crippen LogP contribution in [0.1, 0.15) is 26.9 Å². The summed E-state index contributed by atoms with van der Waals surface area (Å²) in [6, 6.07) is 8.36. The first-order valence-corrected chi connectivity index (χ1v) is 7.99. The molecule has 0 saturated carbocycles. The molecule has 2 aromatic rings. The van der Waals surface area contributed by atoms with Gasteiger partial charge in [-0.3, -0.25) is 0 Å². The molecule has 4 heteroatoms. The first-order chi connectivity index (χ1) is 8.00. The van der Waals surface area contributed by atoms with Crippen molar-refractivity contribution in [3.05, 3.63) is 54.1 Å². The van der Waals surface area contributed by atoms with Gasteiger partial charge in [-0.05, 0) is 68.5 Å². The molecule has 2 rings (SSSR count). The molecular weight excluding hydrogens is 383 g/mol. The number of aryl methyl sites for hydroxylation is 2. The fourth-order valence-corrected chi connectivity index (χ4v) is 4.48. The van der Waals surface area contributed by atoms with Crippen molar-refractivity contribution in [1.29, 1.82) is 0 Å². The molecule has 1 heterocycles. The van der Waals surface area contributed by atoms with Crippen LogP contribution >= 0.6 is 54.8 Å². The Balaban J connectivity index is 2.47. The Bertz CT molecular complexity index is 509. The fraction of sp³-hybridized carbons (Fsp3) is 0.231. The second kappa shape index (κ2) is 5.43. The van der Waals surface area contributed by atoms with Gasteiger partial charge in [0.15, 0.2) is 0 Å². The minimum atomic E-state index is -0.0798. The van der Waals surface area contributed by atoms with Gasteiger partial charge in [0.05, 0.1) is 9.16 Å². The monoisotopic (exact) mass is 392 g/mol. The smallest absolute Gasteiger partial charge is 0.0933 e. The number of hydrogen-bond acceptors (Lipinski definition) is 1. The van der Waals surface area contributed by atoms with Crippen LogP contribution in [0.25, 0.3) is 0 Å². The Hall–Kier alpha value is 0.170. The van der Waals surface area contributed by atoms with Crippen molar-refractivity contribution < 1.29 is 0 Å². The molecule has 90 valence electrons. The predicted octanol–water partition coefficient (Wildman–Crippen LogP) is 6.22. The summed E-state index contributed by atoms with van der Waals surface area (Å²) in [6.45, 7) is 4.21. The molecule has 0 amide bonds. The van der Waals surface area contributed by atoms with Gasteiger partial charge in [-0.15, -0.1) is 22.9 Å². The molecule has 0 saturated heterocycles. The molecule has 0 N–H and O–H groups in total. The normalized spacial score (nSPS) is 12.8. The van der Waals surface area contributed by atoms with Crippen molar-refractivity contribution in [2.24, 2.45) is 0 Å². The van der Waals surface area contributed by atoms with E-state index in [1.807, 2.05) is 0 Å². The molecule has 0 aliphatic heterocycles. The third-order valence-electron chi connectivity index (χ3n) is 2.71. The van der Waals surface area contributed by atoms with Crippen LogP contribution in [-0.2, 0) is 0 Å². The third-order valence-corrected chi connectivity index (χ3v) is 6.61. The van der Waals surface area contributed by atoms with Gasteiger partial charge in [-0.1, -0.05) is 18.2 Å². The van der Waals surface area contributed by atoms with Crippen molar-refractivity contribution in [3.8, 4) is 0 Å². The maximum Gasteiger partial charge on any atom is 0.0933 e. The Morgan fingerprint density at radius 3 is 2.24 bits per heavy atom. The summed E-state index contributed by atoms with van der Waals surface area (Å²) < 4.78 is 2.15. The second-order valence-corrected chi connectivity index (χ2v) is 7.63. The molecule has 1 atom stereocenters. The number of halogens is 3. The number of rotatable bonds is 2. The molecule has 1 aromatic carbocycles. The highest BCUT2D eigenvalue weighted by molar-refractivity contribution is 9.13. The lowest BCUT2D eigenvalue weighted by Crippen LogP contribution is -1.97. The SMILES string of the molecule is Cc1cccc(C)c1C(Cl)c1cc(Br)c(Br)s1. The number of thiophene rings is 1. The lowest BCUT2D eigenvalue weighted by atomic mass is 9.99. The molecule has 1 unspecified atom stereocenters. The van der Waals surface area contributed by atoms with E-state index in [1.54, 1.807) is 11.3 Å². The standard InChI is InChI=1S/C13H11Br2ClS/c1-7-4-3-5-8(2)11(7)12(16)10-6-9(14)13(15)17-10/h3-6,12H,1-2H3. The minimum absolute atomic E-state index is 0.0798. The summed E-state index contributed by atoms with van der Waals surface area (Å²) in [5, 5.41) is -0.0798. The Labute approximate surface area is 127 Å². The van der Waals surface area contributed by atoms with Gasteiger partial charge in [-0.2, -0.15) is 0 Å². The topological polar surface area (TPSA) is 0 Å². The summed E-state index contributed by atoms with van der Waals surface area (Å²) in [7, 11) is 0. The lowest BCUT2D eigenvalue weighted by Gasteiger charge is -2.14. The summed E-state index contributed by atoms with van der Waals surface area (Å²) in [5.74, 6) is 0. The first kappa shape index (κ1) is 13.6. The molecule has 1 aromatic heterocycles. The van der Waals surface area contributed by atoms with Crippen molar-refractivity contribution in [1.82, 2.24) is 0 Å². The van der Waals surface area contributed by atoms with E-state index >= 15 is 0 Å². The fourth-order valence-electron chi connectivity index (χ4n) is 1.86. The average molecular weight is 395 g/mol. The van der Waals surface area contributed by atoms with E-state index in [0.717, 1.165) is 13.1 Å². The van der Waals surface area contributed by atoms with Crippen molar-refractivity contribution in [3.63, 3.8) is 0 Å². The molecule has 0 spiro atoms. The van der Waals surface area contributed by atoms with E-state index in [1.165, 1.54) is 16.7 Å². The van der Waals surface area contributed by atoms with Gasteiger partial charge in [0.1, 0.15) is 0 Å². The van der Waals surface area contributed by atoms with E-state index in [4.69, 9.17) is 11.6 Å². The summed E-state index contributed by atoms with van der Waals surface area (Å²) in [6.07, 6.45) is 0. The van der Waals surface area contributed by atoms with Crippen LogP contribution in [0, 0.1) is 13.8 Å². The van der Waals surface area contributed by atoms with Gasteiger partial charge in [-0.25, -0.2) is 0 Å².